The van der Waals surface area contributed by atoms with Crippen LogP contribution in [-0.4, -0.2) is 47.1 Å². The Hall–Kier alpha value is -3.42. The fourth-order valence-electron chi connectivity index (χ4n) is 2.26. The zero-order valence-electron chi connectivity index (χ0n) is 15.7. The summed E-state index contributed by atoms with van der Waals surface area (Å²) in [6.07, 6.45) is 1.48. The number of hydrogen-bond acceptors (Lipinski definition) is 7. The number of nitrogens with one attached hydrogen (secondary N) is 2. The molecular formula is C19H23N3O5. The number of methoxy groups -OCH3 is 4. The van der Waals surface area contributed by atoms with Gasteiger partial charge in [0.1, 0.15) is 11.5 Å². The van der Waals surface area contributed by atoms with Crippen LogP contribution in [0, 0.1) is 0 Å². The summed E-state index contributed by atoms with van der Waals surface area (Å²) in [5.74, 6) is 2.08. The van der Waals surface area contributed by atoms with Crippen molar-refractivity contribution in [1.82, 2.24) is 5.43 Å². The fraction of sp³-hybridized carbons (Fsp3) is 0.263. The molecule has 0 saturated heterocycles. The maximum Gasteiger partial charge on any atom is 0.259 e. The van der Waals surface area contributed by atoms with Crippen LogP contribution in [0.3, 0.4) is 0 Å². The maximum absolute atomic E-state index is 11.9. The standard InChI is InChI=1S/C19H23N3O5/c1-24-15-7-5-14(6-8-15)20-12-19(23)22-21-11-13-9-17(26-3)18(27-4)10-16(13)25-2/h5-11,20H,12H2,1-4H3,(H,22,23)/b21-11+. The topological polar surface area (TPSA) is 90.4 Å². The first kappa shape index (κ1) is 19.9. The molecule has 0 aliphatic carbocycles. The van der Waals surface area contributed by atoms with Gasteiger partial charge in [-0.2, -0.15) is 5.10 Å². The molecule has 2 aromatic rings. The average Bonchev–Trinajstić information content (AvgIpc) is 2.72. The van der Waals surface area contributed by atoms with Crippen molar-refractivity contribution in [2.24, 2.45) is 5.10 Å². The van der Waals surface area contributed by atoms with Gasteiger partial charge >= 0.3 is 0 Å². The Labute approximate surface area is 158 Å². The van der Waals surface area contributed by atoms with Crippen LogP contribution >= 0.6 is 0 Å². The molecule has 8 heteroatoms. The Kier molecular flexibility index (Phi) is 7.30. The molecule has 2 N–H and O–H groups in total. The van der Waals surface area contributed by atoms with Crippen LogP contribution in [0.2, 0.25) is 0 Å². The van der Waals surface area contributed by atoms with Gasteiger partial charge in [0, 0.05) is 17.3 Å². The third-order valence-corrected chi connectivity index (χ3v) is 3.67. The zero-order chi connectivity index (χ0) is 19.6. The molecule has 0 heterocycles. The van der Waals surface area contributed by atoms with Gasteiger partial charge < -0.3 is 24.3 Å². The summed E-state index contributed by atoms with van der Waals surface area (Å²) in [7, 11) is 6.22. The summed E-state index contributed by atoms with van der Waals surface area (Å²) in [5.41, 5.74) is 3.90. The summed E-state index contributed by atoms with van der Waals surface area (Å²) in [6.45, 7) is 0.0761. The molecule has 0 bridgehead atoms. The second-order valence-electron chi connectivity index (χ2n) is 5.32. The van der Waals surface area contributed by atoms with E-state index in [-0.39, 0.29) is 12.5 Å². The molecular weight excluding hydrogens is 350 g/mol. The molecule has 0 saturated carbocycles. The molecule has 0 fully saturated rings. The van der Waals surface area contributed by atoms with E-state index in [4.69, 9.17) is 18.9 Å². The van der Waals surface area contributed by atoms with Crippen molar-refractivity contribution >= 4 is 17.8 Å². The van der Waals surface area contributed by atoms with Gasteiger partial charge in [0.05, 0.1) is 41.2 Å². The van der Waals surface area contributed by atoms with Gasteiger partial charge in [-0.3, -0.25) is 4.79 Å². The number of carbonyl (C=O) groups is 1. The fourth-order valence-corrected chi connectivity index (χ4v) is 2.26. The number of carbonyl (C=O) groups excluding carboxylic acids is 1. The van der Waals surface area contributed by atoms with E-state index >= 15 is 0 Å². The monoisotopic (exact) mass is 373 g/mol. The smallest absolute Gasteiger partial charge is 0.259 e. The molecule has 2 aromatic carbocycles. The Morgan fingerprint density at radius 3 is 2.15 bits per heavy atom. The van der Waals surface area contributed by atoms with Crippen LogP contribution in [0.25, 0.3) is 0 Å². The van der Waals surface area contributed by atoms with Crippen molar-refractivity contribution in [1.29, 1.82) is 0 Å². The lowest BCUT2D eigenvalue weighted by atomic mass is 10.2. The number of anilines is 1. The minimum absolute atomic E-state index is 0.0761. The first-order chi connectivity index (χ1) is 13.1. The van der Waals surface area contributed by atoms with Gasteiger partial charge in [-0.15, -0.1) is 0 Å². The number of nitrogens with zero attached hydrogens (tertiary/aromatic N) is 1. The molecule has 0 aromatic heterocycles. The minimum Gasteiger partial charge on any atom is -0.497 e. The third-order valence-electron chi connectivity index (χ3n) is 3.67. The molecule has 144 valence electrons. The summed E-state index contributed by atoms with van der Waals surface area (Å²) in [6, 6.07) is 10.7. The predicted octanol–water partition coefficient (Wildman–Crippen LogP) is 2.28. The molecule has 0 aliphatic rings. The van der Waals surface area contributed by atoms with Gasteiger partial charge in [0.2, 0.25) is 0 Å². The third kappa shape index (κ3) is 5.53. The van der Waals surface area contributed by atoms with Gasteiger partial charge in [-0.25, -0.2) is 5.43 Å². The van der Waals surface area contributed by atoms with Crippen LogP contribution in [0.1, 0.15) is 5.56 Å². The molecule has 0 radical (unpaired) electrons. The van der Waals surface area contributed by atoms with Crippen LogP contribution in [0.15, 0.2) is 41.5 Å². The molecule has 27 heavy (non-hydrogen) atoms. The largest absolute Gasteiger partial charge is 0.497 e. The van der Waals surface area contributed by atoms with Crippen molar-refractivity contribution in [3.05, 3.63) is 42.0 Å². The lowest BCUT2D eigenvalue weighted by Crippen LogP contribution is -2.25. The van der Waals surface area contributed by atoms with Crippen LogP contribution in [-0.2, 0) is 4.79 Å². The summed E-state index contributed by atoms with van der Waals surface area (Å²) in [4.78, 5) is 11.9. The first-order valence-electron chi connectivity index (χ1n) is 8.11. The number of amides is 1. The number of hydrogen-bond donors (Lipinski definition) is 2. The second-order valence-corrected chi connectivity index (χ2v) is 5.32. The minimum atomic E-state index is -0.290. The van der Waals surface area contributed by atoms with Crippen molar-refractivity contribution < 1.29 is 23.7 Å². The zero-order valence-corrected chi connectivity index (χ0v) is 15.7. The normalized spacial score (nSPS) is 10.4. The highest BCUT2D eigenvalue weighted by Crippen LogP contribution is 2.33. The number of benzene rings is 2. The number of hydrazone groups is 1. The quantitative estimate of drug-likeness (QED) is 0.518. The molecule has 0 aliphatic heterocycles. The van der Waals surface area contributed by atoms with E-state index in [2.05, 4.69) is 15.8 Å². The highest BCUT2D eigenvalue weighted by molar-refractivity contribution is 5.87. The molecule has 0 unspecified atom stereocenters. The Bertz CT molecular complexity index is 791. The van der Waals surface area contributed by atoms with E-state index in [0.29, 0.717) is 22.8 Å². The van der Waals surface area contributed by atoms with Crippen molar-refractivity contribution in [3.8, 4) is 23.0 Å². The lowest BCUT2D eigenvalue weighted by Gasteiger charge is -2.11. The first-order valence-corrected chi connectivity index (χ1v) is 8.11. The molecule has 0 atom stereocenters. The summed E-state index contributed by atoms with van der Waals surface area (Å²) >= 11 is 0. The maximum atomic E-state index is 11.9. The van der Waals surface area contributed by atoms with Crippen molar-refractivity contribution in [3.63, 3.8) is 0 Å². The predicted molar refractivity (Wildman–Crippen MR) is 103 cm³/mol. The Morgan fingerprint density at radius 2 is 1.56 bits per heavy atom. The summed E-state index contributed by atoms with van der Waals surface area (Å²) < 4.78 is 20.9. The molecule has 1 amide bonds. The van der Waals surface area contributed by atoms with E-state index in [0.717, 1.165) is 11.4 Å². The second kappa shape index (κ2) is 9.91. The van der Waals surface area contributed by atoms with E-state index in [1.807, 2.05) is 24.3 Å². The lowest BCUT2D eigenvalue weighted by molar-refractivity contribution is -0.119. The highest BCUT2D eigenvalue weighted by Gasteiger charge is 2.10. The molecule has 0 spiro atoms. The van der Waals surface area contributed by atoms with Crippen LogP contribution < -0.4 is 29.7 Å². The number of rotatable bonds is 9. The van der Waals surface area contributed by atoms with Crippen LogP contribution in [0.4, 0.5) is 5.69 Å². The van der Waals surface area contributed by atoms with Crippen LogP contribution in [0.5, 0.6) is 23.0 Å². The van der Waals surface area contributed by atoms with Gasteiger partial charge in [-0.05, 0) is 30.3 Å². The van der Waals surface area contributed by atoms with E-state index in [1.54, 1.807) is 26.4 Å². The number of ether oxygens (including phenoxy) is 4. The van der Waals surface area contributed by atoms with Gasteiger partial charge in [0.25, 0.3) is 5.91 Å². The Balaban J connectivity index is 1.94. The van der Waals surface area contributed by atoms with E-state index in [1.165, 1.54) is 20.4 Å². The van der Waals surface area contributed by atoms with E-state index < -0.39 is 0 Å². The summed E-state index contributed by atoms with van der Waals surface area (Å²) in [5, 5.41) is 6.96. The van der Waals surface area contributed by atoms with Crippen molar-refractivity contribution in [2.75, 3.05) is 40.3 Å². The highest BCUT2D eigenvalue weighted by atomic mass is 16.5. The van der Waals surface area contributed by atoms with Crippen molar-refractivity contribution in [2.45, 2.75) is 0 Å². The van der Waals surface area contributed by atoms with Gasteiger partial charge in [0.15, 0.2) is 11.5 Å². The average molecular weight is 373 g/mol. The van der Waals surface area contributed by atoms with E-state index in [9.17, 15) is 4.79 Å². The Morgan fingerprint density at radius 1 is 0.926 bits per heavy atom. The molecule has 8 nitrogen and oxygen atoms in total. The SMILES string of the molecule is COc1ccc(NCC(=O)N/N=C/c2cc(OC)c(OC)cc2OC)cc1. The van der Waals surface area contributed by atoms with Gasteiger partial charge in [-0.1, -0.05) is 0 Å². The molecule has 2 rings (SSSR count).